The Hall–Kier alpha value is -2.10. The maximum Gasteiger partial charge on any atom is 0.228 e. The van der Waals surface area contributed by atoms with Crippen molar-refractivity contribution in [2.45, 2.75) is 26.2 Å². The van der Waals surface area contributed by atoms with E-state index < -0.39 is 0 Å². The maximum absolute atomic E-state index is 12.0. The van der Waals surface area contributed by atoms with Crippen LogP contribution < -0.4 is 0 Å². The molecule has 2 aromatic rings. The van der Waals surface area contributed by atoms with Gasteiger partial charge < -0.3 is 9.32 Å². The average Bonchev–Trinajstić information content (AvgIpc) is 2.94. The molecule has 0 saturated heterocycles. The number of hydrogen-bond donors (Lipinski definition) is 0. The molecule has 0 radical (unpaired) electrons. The summed E-state index contributed by atoms with van der Waals surface area (Å²) >= 11 is 0. The number of benzene rings is 1. The molecule has 0 unspecified atom stereocenters. The molecule has 0 N–H and O–H groups in total. The third-order valence-electron chi connectivity index (χ3n) is 3.18. The Kier molecular flexibility index (Phi) is 4.93. The Labute approximate surface area is 119 Å². The van der Waals surface area contributed by atoms with Crippen LogP contribution in [0.15, 0.2) is 41.0 Å². The lowest BCUT2D eigenvalue weighted by molar-refractivity contribution is -0.129. The van der Waals surface area contributed by atoms with Crippen LogP contribution >= 0.6 is 0 Å². The second-order valence-electron chi connectivity index (χ2n) is 4.86. The van der Waals surface area contributed by atoms with E-state index in [4.69, 9.17) is 4.42 Å². The van der Waals surface area contributed by atoms with Crippen molar-refractivity contribution < 1.29 is 9.21 Å². The molecule has 1 aromatic heterocycles. The van der Waals surface area contributed by atoms with Crippen LogP contribution in [-0.2, 0) is 11.2 Å². The Morgan fingerprint density at radius 2 is 2.05 bits per heavy atom. The molecule has 20 heavy (non-hydrogen) atoms. The number of likely N-dealkylation sites (N-methyl/N-ethyl adjacent to an activating group) is 1. The zero-order chi connectivity index (χ0) is 14.4. The van der Waals surface area contributed by atoms with Crippen LogP contribution in [0.1, 0.15) is 25.5 Å². The van der Waals surface area contributed by atoms with Crippen molar-refractivity contribution in [2.75, 3.05) is 13.6 Å². The molecule has 0 aliphatic carbocycles. The lowest BCUT2D eigenvalue weighted by atomic mass is 10.2. The number of unbranched alkanes of at least 4 members (excludes halogenated alkanes) is 1. The Bertz CT molecular complexity index is 549. The van der Waals surface area contributed by atoms with Crippen molar-refractivity contribution in [3.05, 3.63) is 42.3 Å². The first-order valence-corrected chi connectivity index (χ1v) is 6.94. The van der Waals surface area contributed by atoms with E-state index in [-0.39, 0.29) is 12.3 Å². The predicted molar refractivity (Wildman–Crippen MR) is 78.2 cm³/mol. The van der Waals surface area contributed by atoms with Gasteiger partial charge in [-0.3, -0.25) is 4.79 Å². The number of nitrogens with zero attached hydrogens (tertiary/aromatic N) is 2. The van der Waals surface area contributed by atoms with Gasteiger partial charge in [0.1, 0.15) is 6.26 Å². The highest BCUT2D eigenvalue weighted by molar-refractivity contribution is 5.78. The predicted octanol–water partition coefficient (Wildman–Crippen LogP) is 3.14. The number of carbonyl (C=O) groups excluding carboxylic acids is 1. The van der Waals surface area contributed by atoms with Gasteiger partial charge in [0, 0.05) is 19.2 Å². The second-order valence-corrected chi connectivity index (χ2v) is 4.86. The second kappa shape index (κ2) is 6.89. The SMILES string of the molecule is CCCCN(C)C(=O)Cc1coc(-c2ccccc2)n1. The van der Waals surface area contributed by atoms with Crippen molar-refractivity contribution in [3.63, 3.8) is 0 Å². The van der Waals surface area contributed by atoms with Crippen LogP contribution in [0, 0.1) is 0 Å². The molecule has 0 saturated carbocycles. The first-order chi connectivity index (χ1) is 9.70. The number of oxazole rings is 1. The van der Waals surface area contributed by atoms with E-state index in [0.29, 0.717) is 11.6 Å². The molecule has 1 aromatic carbocycles. The summed E-state index contributed by atoms with van der Waals surface area (Å²) in [7, 11) is 1.83. The largest absolute Gasteiger partial charge is 0.444 e. The molecule has 0 aliphatic heterocycles. The van der Waals surface area contributed by atoms with Crippen LogP contribution in [0.25, 0.3) is 11.5 Å². The van der Waals surface area contributed by atoms with Crippen LogP contribution in [0.3, 0.4) is 0 Å². The summed E-state index contributed by atoms with van der Waals surface area (Å²) in [6, 6.07) is 9.68. The Balaban J connectivity index is 1.98. The summed E-state index contributed by atoms with van der Waals surface area (Å²) < 4.78 is 5.43. The summed E-state index contributed by atoms with van der Waals surface area (Å²) in [4.78, 5) is 18.1. The molecule has 0 spiro atoms. The van der Waals surface area contributed by atoms with Gasteiger partial charge in [-0.15, -0.1) is 0 Å². The average molecular weight is 272 g/mol. The van der Waals surface area contributed by atoms with E-state index in [9.17, 15) is 4.79 Å². The molecular formula is C16H20N2O2. The van der Waals surface area contributed by atoms with Crippen LogP contribution in [0.2, 0.25) is 0 Å². The highest BCUT2D eigenvalue weighted by atomic mass is 16.3. The zero-order valence-corrected chi connectivity index (χ0v) is 12.0. The summed E-state index contributed by atoms with van der Waals surface area (Å²) in [5.74, 6) is 0.635. The van der Waals surface area contributed by atoms with Crippen molar-refractivity contribution in [3.8, 4) is 11.5 Å². The first kappa shape index (κ1) is 14.3. The molecule has 0 bridgehead atoms. The third-order valence-corrected chi connectivity index (χ3v) is 3.18. The Morgan fingerprint density at radius 1 is 1.30 bits per heavy atom. The van der Waals surface area contributed by atoms with Crippen molar-refractivity contribution in [2.24, 2.45) is 0 Å². The molecule has 106 valence electrons. The summed E-state index contributed by atoms with van der Waals surface area (Å²) in [6.45, 7) is 2.90. The topological polar surface area (TPSA) is 46.3 Å². The van der Waals surface area contributed by atoms with Gasteiger partial charge >= 0.3 is 0 Å². The van der Waals surface area contributed by atoms with Crippen LogP contribution in [-0.4, -0.2) is 29.4 Å². The third kappa shape index (κ3) is 3.70. The molecule has 0 aliphatic rings. The molecule has 4 heteroatoms. The molecule has 0 fully saturated rings. The monoisotopic (exact) mass is 272 g/mol. The first-order valence-electron chi connectivity index (χ1n) is 6.94. The number of aromatic nitrogens is 1. The van der Waals surface area contributed by atoms with Crippen molar-refractivity contribution in [1.29, 1.82) is 0 Å². The Morgan fingerprint density at radius 3 is 2.75 bits per heavy atom. The fourth-order valence-electron chi connectivity index (χ4n) is 1.91. The van der Waals surface area contributed by atoms with E-state index in [1.54, 1.807) is 11.2 Å². The minimum absolute atomic E-state index is 0.0753. The summed E-state index contributed by atoms with van der Waals surface area (Å²) in [5, 5.41) is 0. The minimum atomic E-state index is 0.0753. The minimum Gasteiger partial charge on any atom is -0.444 e. The van der Waals surface area contributed by atoms with E-state index in [1.165, 1.54) is 0 Å². The van der Waals surface area contributed by atoms with Gasteiger partial charge in [0.15, 0.2) is 0 Å². The molecule has 1 heterocycles. The van der Waals surface area contributed by atoms with Gasteiger partial charge in [-0.25, -0.2) is 4.98 Å². The van der Waals surface area contributed by atoms with Gasteiger partial charge in [-0.2, -0.15) is 0 Å². The van der Waals surface area contributed by atoms with Crippen molar-refractivity contribution >= 4 is 5.91 Å². The van der Waals surface area contributed by atoms with Crippen molar-refractivity contribution in [1.82, 2.24) is 9.88 Å². The van der Waals surface area contributed by atoms with E-state index >= 15 is 0 Å². The van der Waals surface area contributed by atoms with E-state index in [0.717, 1.165) is 24.9 Å². The van der Waals surface area contributed by atoms with Gasteiger partial charge in [-0.1, -0.05) is 31.5 Å². The summed E-state index contributed by atoms with van der Waals surface area (Å²) in [5.41, 5.74) is 1.60. The highest BCUT2D eigenvalue weighted by Crippen LogP contribution is 2.18. The number of amides is 1. The standard InChI is InChI=1S/C16H20N2O2/c1-3-4-10-18(2)15(19)11-14-12-20-16(17-14)13-8-6-5-7-9-13/h5-9,12H,3-4,10-11H2,1-2H3. The fourth-order valence-corrected chi connectivity index (χ4v) is 1.91. The van der Waals surface area contributed by atoms with Crippen LogP contribution in [0.4, 0.5) is 0 Å². The quantitative estimate of drug-likeness (QED) is 0.811. The molecule has 0 atom stereocenters. The van der Waals surface area contributed by atoms with Gasteiger partial charge in [0.05, 0.1) is 12.1 Å². The maximum atomic E-state index is 12.0. The zero-order valence-electron chi connectivity index (χ0n) is 12.0. The lowest BCUT2D eigenvalue weighted by Gasteiger charge is -2.15. The van der Waals surface area contributed by atoms with E-state index in [2.05, 4.69) is 11.9 Å². The van der Waals surface area contributed by atoms with Crippen LogP contribution in [0.5, 0.6) is 0 Å². The van der Waals surface area contributed by atoms with E-state index in [1.807, 2.05) is 37.4 Å². The fraction of sp³-hybridized carbons (Fsp3) is 0.375. The normalized spacial score (nSPS) is 10.5. The number of carbonyl (C=O) groups is 1. The molecule has 4 nitrogen and oxygen atoms in total. The molecule has 1 amide bonds. The molecule has 2 rings (SSSR count). The van der Waals surface area contributed by atoms with Gasteiger partial charge in [0.2, 0.25) is 11.8 Å². The van der Waals surface area contributed by atoms with Gasteiger partial charge in [-0.05, 0) is 18.6 Å². The number of rotatable bonds is 6. The number of hydrogen-bond acceptors (Lipinski definition) is 3. The molecular weight excluding hydrogens is 252 g/mol. The lowest BCUT2D eigenvalue weighted by Crippen LogP contribution is -2.29. The summed E-state index contributed by atoms with van der Waals surface area (Å²) in [6.07, 6.45) is 3.96. The highest BCUT2D eigenvalue weighted by Gasteiger charge is 2.13. The smallest absolute Gasteiger partial charge is 0.228 e. The van der Waals surface area contributed by atoms with Gasteiger partial charge in [0.25, 0.3) is 0 Å².